The zero-order valence-corrected chi connectivity index (χ0v) is 8.63. The SMILES string of the molecule is Cc1ccc(N)c(C(=O)OCCCF)c1. The number of carbonyl (C=O) groups is 1. The summed E-state index contributed by atoms with van der Waals surface area (Å²) in [5.74, 6) is -0.496. The summed E-state index contributed by atoms with van der Waals surface area (Å²) in [6.45, 7) is 1.46. The van der Waals surface area contributed by atoms with E-state index in [-0.39, 0.29) is 13.0 Å². The maximum atomic E-state index is 11.8. The van der Waals surface area contributed by atoms with E-state index in [1.165, 1.54) is 0 Å². The number of ether oxygens (including phenoxy) is 1. The minimum absolute atomic E-state index is 0.0860. The van der Waals surface area contributed by atoms with Crippen LogP contribution in [0.5, 0.6) is 0 Å². The number of carbonyl (C=O) groups excluding carboxylic acids is 1. The van der Waals surface area contributed by atoms with Crippen LogP contribution in [0.15, 0.2) is 18.2 Å². The summed E-state index contributed by atoms with van der Waals surface area (Å²) in [4.78, 5) is 11.5. The minimum Gasteiger partial charge on any atom is -0.462 e. The van der Waals surface area contributed by atoms with Crippen molar-refractivity contribution in [1.82, 2.24) is 0 Å². The molecule has 0 unspecified atom stereocenters. The van der Waals surface area contributed by atoms with Gasteiger partial charge in [0, 0.05) is 12.1 Å². The van der Waals surface area contributed by atoms with E-state index in [9.17, 15) is 9.18 Å². The lowest BCUT2D eigenvalue weighted by Gasteiger charge is -2.06. The van der Waals surface area contributed by atoms with Gasteiger partial charge in [-0.1, -0.05) is 11.6 Å². The molecule has 1 aromatic carbocycles. The van der Waals surface area contributed by atoms with Crippen molar-refractivity contribution in [2.45, 2.75) is 13.3 Å². The number of aryl methyl sites for hydroxylation is 1. The van der Waals surface area contributed by atoms with Crippen LogP contribution in [0.25, 0.3) is 0 Å². The summed E-state index contributed by atoms with van der Waals surface area (Å²) in [6, 6.07) is 5.13. The summed E-state index contributed by atoms with van der Waals surface area (Å²) in [7, 11) is 0. The summed E-state index contributed by atoms with van der Waals surface area (Å²) < 4.78 is 16.6. The van der Waals surface area contributed by atoms with Crippen LogP contribution in [0.2, 0.25) is 0 Å². The Labute approximate surface area is 88.0 Å². The summed E-state index contributed by atoms with van der Waals surface area (Å²) >= 11 is 0. The molecule has 3 nitrogen and oxygen atoms in total. The minimum atomic E-state index is -0.496. The first-order chi connectivity index (χ1) is 7.15. The van der Waals surface area contributed by atoms with Crippen LogP contribution in [0.1, 0.15) is 22.3 Å². The number of hydrogen-bond acceptors (Lipinski definition) is 3. The maximum Gasteiger partial charge on any atom is 0.340 e. The molecule has 0 heterocycles. The Morgan fingerprint density at radius 3 is 2.93 bits per heavy atom. The molecule has 0 aromatic heterocycles. The number of halogens is 1. The lowest BCUT2D eigenvalue weighted by atomic mass is 10.1. The molecule has 0 spiro atoms. The molecule has 0 saturated heterocycles. The highest BCUT2D eigenvalue weighted by atomic mass is 19.1. The zero-order chi connectivity index (χ0) is 11.3. The molecule has 0 amide bonds. The molecule has 0 aliphatic carbocycles. The van der Waals surface area contributed by atoms with E-state index >= 15 is 0 Å². The predicted octanol–water partition coefficient (Wildman–Crippen LogP) is 2.09. The second-order valence-electron chi connectivity index (χ2n) is 3.27. The number of rotatable bonds is 4. The topological polar surface area (TPSA) is 52.3 Å². The molecule has 82 valence electrons. The van der Waals surface area contributed by atoms with E-state index in [1.807, 2.05) is 13.0 Å². The van der Waals surface area contributed by atoms with Gasteiger partial charge in [0.1, 0.15) is 0 Å². The molecule has 15 heavy (non-hydrogen) atoms. The third-order valence-corrected chi connectivity index (χ3v) is 1.94. The van der Waals surface area contributed by atoms with Crippen molar-refractivity contribution in [2.75, 3.05) is 19.0 Å². The molecule has 1 rings (SSSR count). The molecule has 0 bridgehead atoms. The zero-order valence-electron chi connectivity index (χ0n) is 8.63. The first-order valence-corrected chi connectivity index (χ1v) is 4.74. The Hall–Kier alpha value is -1.58. The van der Waals surface area contributed by atoms with Crippen molar-refractivity contribution in [1.29, 1.82) is 0 Å². The lowest BCUT2D eigenvalue weighted by molar-refractivity contribution is 0.0495. The van der Waals surface area contributed by atoms with Crippen molar-refractivity contribution in [3.8, 4) is 0 Å². The smallest absolute Gasteiger partial charge is 0.340 e. The molecular formula is C11H14FNO2. The molecule has 2 N–H and O–H groups in total. The van der Waals surface area contributed by atoms with Crippen LogP contribution in [0.3, 0.4) is 0 Å². The van der Waals surface area contributed by atoms with Crippen LogP contribution in [-0.4, -0.2) is 19.3 Å². The molecule has 0 radical (unpaired) electrons. The van der Waals surface area contributed by atoms with Crippen LogP contribution < -0.4 is 5.73 Å². The van der Waals surface area contributed by atoms with Gasteiger partial charge in [-0.25, -0.2) is 4.79 Å². The van der Waals surface area contributed by atoms with E-state index in [1.54, 1.807) is 12.1 Å². The van der Waals surface area contributed by atoms with Crippen molar-refractivity contribution >= 4 is 11.7 Å². The van der Waals surface area contributed by atoms with Crippen molar-refractivity contribution in [3.05, 3.63) is 29.3 Å². The number of alkyl halides is 1. The maximum absolute atomic E-state index is 11.8. The van der Waals surface area contributed by atoms with Gasteiger partial charge in [0.2, 0.25) is 0 Å². The lowest BCUT2D eigenvalue weighted by Crippen LogP contribution is -2.09. The highest BCUT2D eigenvalue weighted by Crippen LogP contribution is 2.14. The molecule has 0 aliphatic heterocycles. The monoisotopic (exact) mass is 211 g/mol. The van der Waals surface area contributed by atoms with Crippen molar-refractivity contribution in [2.24, 2.45) is 0 Å². The number of benzene rings is 1. The molecule has 0 aliphatic rings. The fraction of sp³-hybridized carbons (Fsp3) is 0.364. The summed E-state index contributed by atoms with van der Waals surface area (Å²) in [5.41, 5.74) is 7.27. The van der Waals surface area contributed by atoms with Gasteiger partial charge < -0.3 is 10.5 Å². The third kappa shape index (κ3) is 3.23. The van der Waals surface area contributed by atoms with Crippen LogP contribution in [0.4, 0.5) is 10.1 Å². The van der Waals surface area contributed by atoms with Gasteiger partial charge in [0.25, 0.3) is 0 Å². The largest absolute Gasteiger partial charge is 0.462 e. The number of hydrogen-bond donors (Lipinski definition) is 1. The highest BCUT2D eigenvalue weighted by molar-refractivity contribution is 5.95. The molecule has 1 aromatic rings. The first kappa shape index (κ1) is 11.5. The van der Waals surface area contributed by atoms with Gasteiger partial charge in [-0.3, -0.25) is 4.39 Å². The number of nitrogens with two attached hydrogens (primary N) is 1. The Balaban J connectivity index is 2.68. The predicted molar refractivity (Wildman–Crippen MR) is 56.5 cm³/mol. The second-order valence-corrected chi connectivity index (χ2v) is 3.27. The van der Waals surface area contributed by atoms with Gasteiger partial charge >= 0.3 is 5.97 Å². The Morgan fingerprint density at radius 2 is 2.27 bits per heavy atom. The highest BCUT2D eigenvalue weighted by Gasteiger charge is 2.10. The Kier molecular flexibility index (Phi) is 4.09. The average Bonchev–Trinajstić information content (AvgIpc) is 2.22. The van der Waals surface area contributed by atoms with E-state index in [2.05, 4.69) is 0 Å². The summed E-state index contributed by atoms with van der Waals surface area (Å²) in [5, 5.41) is 0. The molecule has 0 saturated carbocycles. The van der Waals surface area contributed by atoms with Gasteiger partial charge in [-0.05, 0) is 19.1 Å². The first-order valence-electron chi connectivity index (χ1n) is 4.74. The van der Waals surface area contributed by atoms with Gasteiger partial charge in [-0.15, -0.1) is 0 Å². The van der Waals surface area contributed by atoms with E-state index in [4.69, 9.17) is 10.5 Å². The van der Waals surface area contributed by atoms with Crippen LogP contribution in [0, 0.1) is 6.92 Å². The van der Waals surface area contributed by atoms with Gasteiger partial charge in [0.05, 0.1) is 18.8 Å². The fourth-order valence-corrected chi connectivity index (χ4v) is 1.14. The second kappa shape index (κ2) is 5.34. The number of anilines is 1. The third-order valence-electron chi connectivity index (χ3n) is 1.94. The van der Waals surface area contributed by atoms with Gasteiger partial charge in [0.15, 0.2) is 0 Å². The van der Waals surface area contributed by atoms with E-state index < -0.39 is 12.6 Å². The molecule has 0 atom stereocenters. The number of nitrogen functional groups attached to an aromatic ring is 1. The van der Waals surface area contributed by atoms with Gasteiger partial charge in [-0.2, -0.15) is 0 Å². The fourth-order valence-electron chi connectivity index (χ4n) is 1.14. The molecule has 4 heteroatoms. The Morgan fingerprint density at radius 1 is 1.53 bits per heavy atom. The molecule has 0 fully saturated rings. The van der Waals surface area contributed by atoms with E-state index in [0.29, 0.717) is 11.3 Å². The Bertz CT molecular complexity index is 352. The van der Waals surface area contributed by atoms with Crippen LogP contribution >= 0.6 is 0 Å². The quantitative estimate of drug-likeness (QED) is 0.471. The van der Waals surface area contributed by atoms with Crippen molar-refractivity contribution in [3.63, 3.8) is 0 Å². The summed E-state index contributed by atoms with van der Waals surface area (Å²) in [6.07, 6.45) is 0.220. The standard InChI is InChI=1S/C11H14FNO2/c1-8-3-4-10(13)9(7-8)11(14)15-6-2-5-12/h3-4,7H,2,5-6,13H2,1H3. The normalized spacial score (nSPS) is 10.0. The van der Waals surface area contributed by atoms with E-state index in [0.717, 1.165) is 5.56 Å². The molecular weight excluding hydrogens is 197 g/mol. The van der Waals surface area contributed by atoms with Crippen molar-refractivity contribution < 1.29 is 13.9 Å². The number of esters is 1. The van der Waals surface area contributed by atoms with Crippen LogP contribution in [-0.2, 0) is 4.74 Å². The average molecular weight is 211 g/mol.